The number of sulfonamides is 1. The van der Waals surface area contributed by atoms with Gasteiger partial charge in [-0.25, -0.2) is 8.42 Å². The van der Waals surface area contributed by atoms with Gasteiger partial charge in [-0.15, -0.1) is 12.4 Å². The number of hydrogen-bond donors (Lipinski definition) is 3. The van der Waals surface area contributed by atoms with Crippen LogP contribution in [0.4, 0.5) is 5.69 Å². The Balaban J connectivity index is 0.00000338. The average Bonchev–Trinajstić information content (AvgIpc) is 2.81. The van der Waals surface area contributed by atoms with Gasteiger partial charge < -0.3 is 10.6 Å². The van der Waals surface area contributed by atoms with Gasteiger partial charge in [0.1, 0.15) is 0 Å². The highest BCUT2D eigenvalue weighted by molar-refractivity contribution is 7.92. The summed E-state index contributed by atoms with van der Waals surface area (Å²) < 4.78 is 25.2. The number of anilines is 1. The van der Waals surface area contributed by atoms with Crippen molar-refractivity contribution in [3.8, 4) is 0 Å². The van der Waals surface area contributed by atoms with Gasteiger partial charge in [0.25, 0.3) is 5.91 Å². The van der Waals surface area contributed by atoms with Gasteiger partial charge in [0, 0.05) is 24.7 Å². The van der Waals surface area contributed by atoms with Crippen molar-refractivity contribution >= 4 is 34.0 Å². The molecule has 0 spiro atoms. The molecule has 26 heavy (non-hydrogen) atoms. The van der Waals surface area contributed by atoms with Crippen LogP contribution in [0.15, 0.2) is 18.2 Å². The predicted molar refractivity (Wildman–Crippen MR) is 109 cm³/mol. The molecule has 0 radical (unpaired) electrons. The third kappa shape index (κ3) is 7.93. The summed E-state index contributed by atoms with van der Waals surface area (Å²) in [5, 5.41) is 6.40. The van der Waals surface area contributed by atoms with Crippen molar-refractivity contribution in [2.75, 3.05) is 24.1 Å². The van der Waals surface area contributed by atoms with Crippen molar-refractivity contribution < 1.29 is 13.2 Å². The number of carbonyl (C=O) groups excluding carboxylic acids is 1. The molecule has 1 amide bonds. The fourth-order valence-corrected chi connectivity index (χ4v) is 3.73. The number of hydrogen-bond acceptors (Lipinski definition) is 4. The maximum Gasteiger partial charge on any atom is 0.251 e. The Morgan fingerprint density at radius 2 is 1.77 bits per heavy atom. The van der Waals surface area contributed by atoms with Crippen LogP contribution in [0.2, 0.25) is 0 Å². The third-order valence-corrected chi connectivity index (χ3v) is 5.08. The number of carbonyl (C=O) groups is 1. The molecule has 1 aromatic rings. The fraction of sp³-hybridized carbons (Fsp3) is 0.611. The molecule has 0 aliphatic heterocycles. The molecule has 6 nitrogen and oxygen atoms in total. The van der Waals surface area contributed by atoms with Gasteiger partial charge in [-0.2, -0.15) is 0 Å². The zero-order valence-electron chi connectivity index (χ0n) is 15.5. The van der Waals surface area contributed by atoms with E-state index in [0.717, 1.165) is 18.4 Å². The van der Waals surface area contributed by atoms with Gasteiger partial charge in [-0.3, -0.25) is 9.52 Å². The van der Waals surface area contributed by atoms with Crippen molar-refractivity contribution in [3.05, 3.63) is 29.3 Å². The van der Waals surface area contributed by atoms with E-state index in [0.29, 0.717) is 23.8 Å². The molecule has 0 bridgehead atoms. The normalized spacial score (nSPS) is 15.6. The summed E-state index contributed by atoms with van der Waals surface area (Å²) in [6.07, 6.45) is 8.74. The van der Waals surface area contributed by atoms with Gasteiger partial charge in [-0.1, -0.05) is 31.7 Å². The number of aryl methyl sites for hydroxylation is 1. The Labute approximate surface area is 163 Å². The summed E-state index contributed by atoms with van der Waals surface area (Å²) in [7, 11) is -3.37. The highest BCUT2D eigenvalue weighted by atomic mass is 35.5. The predicted octanol–water partition coefficient (Wildman–Crippen LogP) is 2.83. The molecule has 1 saturated carbocycles. The number of nitrogens with one attached hydrogen (secondary N) is 3. The molecule has 0 aromatic heterocycles. The smallest absolute Gasteiger partial charge is 0.251 e. The Bertz CT molecular complexity index is 687. The molecule has 0 heterocycles. The van der Waals surface area contributed by atoms with E-state index in [-0.39, 0.29) is 18.3 Å². The van der Waals surface area contributed by atoms with Crippen LogP contribution >= 0.6 is 12.4 Å². The second kappa shape index (κ2) is 10.7. The van der Waals surface area contributed by atoms with Gasteiger partial charge in [0.15, 0.2) is 0 Å². The van der Waals surface area contributed by atoms with E-state index in [4.69, 9.17) is 0 Å². The maximum absolute atomic E-state index is 12.3. The second-order valence-electron chi connectivity index (χ2n) is 6.80. The van der Waals surface area contributed by atoms with Crippen LogP contribution in [0.25, 0.3) is 0 Å². The van der Waals surface area contributed by atoms with Crippen molar-refractivity contribution in [3.63, 3.8) is 0 Å². The van der Waals surface area contributed by atoms with Crippen molar-refractivity contribution in [1.82, 2.24) is 10.6 Å². The van der Waals surface area contributed by atoms with Crippen LogP contribution in [0.3, 0.4) is 0 Å². The lowest BCUT2D eigenvalue weighted by Crippen LogP contribution is -2.36. The Morgan fingerprint density at radius 1 is 1.12 bits per heavy atom. The highest BCUT2D eigenvalue weighted by Crippen LogP contribution is 2.18. The highest BCUT2D eigenvalue weighted by Gasteiger charge is 2.12. The van der Waals surface area contributed by atoms with E-state index in [2.05, 4.69) is 15.4 Å². The van der Waals surface area contributed by atoms with E-state index >= 15 is 0 Å². The number of rotatable bonds is 7. The molecule has 2 rings (SSSR count). The Morgan fingerprint density at radius 3 is 2.38 bits per heavy atom. The van der Waals surface area contributed by atoms with Crippen LogP contribution in [0.1, 0.15) is 54.4 Å². The molecular weight excluding hydrogens is 374 g/mol. The number of benzene rings is 1. The zero-order valence-corrected chi connectivity index (χ0v) is 17.1. The van der Waals surface area contributed by atoms with E-state index in [9.17, 15) is 13.2 Å². The summed E-state index contributed by atoms with van der Waals surface area (Å²) in [6, 6.07) is 5.58. The molecule has 0 atom stereocenters. The first-order valence-corrected chi connectivity index (χ1v) is 10.8. The van der Waals surface area contributed by atoms with Crippen molar-refractivity contribution in [2.45, 2.75) is 51.5 Å². The molecule has 1 fully saturated rings. The Hall–Kier alpha value is -1.31. The lowest BCUT2D eigenvalue weighted by molar-refractivity contribution is 0.0953. The zero-order chi connectivity index (χ0) is 18.3. The molecule has 0 unspecified atom stereocenters. The van der Waals surface area contributed by atoms with Crippen molar-refractivity contribution in [2.24, 2.45) is 0 Å². The largest absolute Gasteiger partial charge is 0.351 e. The minimum atomic E-state index is -3.37. The first kappa shape index (κ1) is 22.7. The Kier molecular flexibility index (Phi) is 9.39. The monoisotopic (exact) mass is 403 g/mol. The number of amides is 1. The lowest BCUT2D eigenvalue weighted by atomic mass is 10.1. The molecule has 8 heteroatoms. The van der Waals surface area contributed by atoms with Gasteiger partial charge >= 0.3 is 0 Å². The average molecular weight is 404 g/mol. The van der Waals surface area contributed by atoms with E-state index < -0.39 is 10.0 Å². The summed E-state index contributed by atoms with van der Waals surface area (Å²) in [4.78, 5) is 12.3. The summed E-state index contributed by atoms with van der Waals surface area (Å²) in [6.45, 7) is 3.10. The number of halogens is 1. The minimum absolute atomic E-state index is 0. The third-order valence-electron chi connectivity index (χ3n) is 4.49. The second-order valence-corrected chi connectivity index (χ2v) is 8.55. The SMILES string of the molecule is Cc1ccc(C(=O)NCCNC2CCCCCC2)cc1NS(C)(=O)=O.Cl. The van der Waals surface area contributed by atoms with Gasteiger partial charge in [-0.05, 0) is 37.5 Å². The molecule has 1 aromatic carbocycles. The maximum atomic E-state index is 12.3. The molecular formula is C18H30ClN3O3S. The van der Waals surface area contributed by atoms with Crippen LogP contribution in [-0.2, 0) is 10.0 Å². The van der Waals surface area contributed by atoms with Gasteiger partial charge in [0.05, 0.1) is 11.9 Å². The standard InChI is InChI=1S/C18H29N3O3S.ClH/c1-14-9-10-15(13-17(14)21-25(2,23)24)18(22)20-12-11-19-16-7-5-3-4-6-8-16;/h9-10,13,16,19,21H,3-8,11-12H2,1-2H3,(H,20,22);1H. The van der Waals surface area contributed by atoms with Gasteiger partial charge in [0.2, 0.25) is 10.0 Å². The molecule has 0 saturated heterocycles. The van der Waals surface area contributed by atoms with Crippen LogP contribution in [0, 0.1) is 6.92 Å². The van der Waals surface area contributed by atoms with E-state index in [1.165, 1.54) is 38.5 Å². The van der Waals surface area contributed by atoms with Crippen LogP contribution < -0.4 is 15.4 Å². The molecule has 1 aliphatic carbocycles. The lowest BCUT2D eigenvalue weighted by Gasteiger charge is -2.16. The first-order chi connectivity index (χ1) is 11.8. The first-order valence-electron chi connectivity index (χ1n) is 8.95. The van der Waals surface area contributed by atoms with E-state index in [1.54, 1.807) is 25.1 Å². The molecule has 3 N–H and O–H groups in total. The van der Waals surface area contributed by atoms with Crippen molar-refractivity contribution in [1.29, 1.82) is 0 Å². The summed E-state index contributed by atoms with van der Waals surface area (Å²) >= 11 is 0. The molecule has 148 valence electrons. The minimum Gasteiger partial charge on any atom is -0.351 e. The van der Waals surface area contributed by atoms with E-state index in [1.807, 2.05) is 0 Å². The summed E-state index contributed by atoms with van der Waals surface area (Å²) in [5.74, 6) is -0.195. The quantitative estimate of drug-likeness (QED) is 0.482. The van der Waals surface area contributed by atoms with Crippen LogP contribution in [0.5, 0.6) is 0 Å². The topological polar surface area (TPSA) is 87.3 Å². The molecule has 1 aliphatic rings. The summed E-state index contributed by atoms with van der Waals surface area (Å²) in [5.41, 5.74) is 1.66. The van der Waals surface area contributed by atoms with Crippen LogP contribution in [-0.4, -0.2) is 39.7 Å². The fourth-order valence-electron chi connectivity index (χ4n) is 3.11.